The molecule has 3 aromatic heterocycles. The Morgan fingerprint density at radius 1 is 1.32 bits per heavy atom. The van der Waals surface area contributed by atoms with Crippen molar-refractivity contribution in [3.8, 4) is 0 Å². The maximum absolute atomic E-state index is 12.4. The molecule has 0 aliphatic carbocycles. The molecule has 4 heterocycles. The van der Waals surface area contributed by atoms with E-state index in [2.05, 4.69) is 20.3 Å². The highest BCUT2D eigenvalue weighted by molar-refractivity contribution is 7.16. The number of carbonyl (C=O) groups is 1. The van der Waals surface area contributed by atoms with E-state index in [0.29, 0.717) is 11.5 Å². The fourth-order valence-corrected chi connectivity index (χ4v) is 3.73. The molecule has 0 atom stereocenters. The number of likely N-dealkylation sites (tertiary alicyclic amines) is 1. The molecule has 4 rings (SSSR count). The molecule has 0 aromatic carbocycles. The quantitative estimate of drug-likeness (QED) is 0.718. The van der Waals surface area contributed by atoms with Gasteiger partial charge in [0, 0.05) is 31.4 Å². The number of fused-ring (bicyclic) bond motifs is 1. The second-order valence-corrected chi connectivity index (χ2v) is 6.29. The summed E-state index contributed by atoms with van der Waals surface area (Å²) in [7, 11) is 0. The molecular formula is C14H14N6OS. The third-order valence-electron chi connectivity index (χ3n) is 3.94. The van der Waals surface area contributed by atoms with Crippen LogP contribution < -0.4 is 0 Å². The van der Waals surface area contributed by atoms with Gasteiger partial charge in [-0.25, -0.2) is 0 Å². The lowest BCUT2D eigenvalue weighted by Gasteiger charge is -2.30. The molecule has 1 aliphatic rings. The molecule has 112 valence electrons. The fourth-order valence-electron chi connectivity index (χ4n) is 2.74. The van der Waals surface area contributed by atoms with Crippen LogP contribution in [-0.2, 0) is 0 Å². The molecule has 0 bridgehead atoms. The van der Waals surface area contributed by atoms with E-state index >= 15 is 0 Å². The molecule has 0 N–H and O–H groups in total. The van der Waals surface area contributed by atoms with E-state index in [-0.39, 0.29) is 5.91 Å². The number of nitrogens with zero attached hydrogens (tertiary/aromatic N) is 6. The van der Waals surface area contributed by atoms with E-state index < -0.39 is 0 Å². The summed E-state index contributed by atoms with van der Waals surface area (Å²) < 4.78 is 1.72. The maximum atomic E-state index is 12.4. The third kappa shape index (κ3) is 2.35. The van der Waals surface area contributed by atoms with Crippen molar-refractivity contribution >= 4 is 22.2 Å². The standard InChI is InChI=1S/C14H14N6OS/c21-13(11-2-1-5-15-8-11)19-6-3-10(4-7-19)12-18-20-9-16-17-14(20)22-12/h1-2,5,8-10H,3-4,6-7H2. The van der Waals surface area contributed by atoms with Gasteiger partial charge in [-0.05, 0) is 25.0 Å². The zero-order valence-electron chi connectivity index (χ0n) is 11.8. The van der Waals surface area contributed by atoms with Crippen LogP contribution in [0.15, 0.2) is 30.9 Å². The zero-order valence-corrected chi connectivity index (χ0v) is 12.6. The van der Waals surface area contributed by atoms with Crippen molar-refractivity contribution in [1.29, 1.82) is 0 Å². The minimum absolute atomic E-state index is 0.0599. The van der Waals surface area contributed by atoms with Gasteiger partial charge in [0.2, 0.25) is 4.96 Å². The molecule has 1 amide bonds. The predicted octanol–water partition coefficient (Wildman–Crippen LogP) is 1.60. The SMILES string of the molecule is O=C(c1cccnc1)N1CCC(c2nn3cnnc3s2)CC1. The van der Waals surface area contributed by atoms with Gasteiger partial charge in [-0.2, -0.15) is 9.61 Å². The maximum Gasteiger partial charge on any atom is 0.255 e. The van der Waals surface area contributed by atoms with Gasteiger partial charge in [0.05, 0.1) is 5.56 Å². The average molecular weight is 314 g/mol. The summed E-state index contributed by atoms with van der Waals surface area (Å²) >= 11 is 1.58. The number of aromatic nitrogens is 5. The van der Waals surface area contributed by atoms with Crippen LogP contribution in [0.1, 0.15) is 34.1 Å². The Labute approximate surface area is 130 Å². The van der Waals surface area contributed by atoms with Gasteiger partial charge in [-0.15, -0.1) is 10.2 Å². The lowest BCUT2D eigenvalue weighted by Crippen LogP contribution is -2.37. The van der Waals surface area contributed by atoms with Crippen LogP contribution in [0.25, 0.3) is 4.96 Å². The molecule has 0 saturated carbocycles. The Bertz CT molecular complexity index is 761. The van der Waals surface area contributed by atoms with Gasteiger partial charge in [-0.3, -0.25) is 9.78 Å². The third-order valence-corrected chi connectivity index (χ3v) is 5.02. The van der Waals surface area contributed by atoms with E-state index in [1.54, 1.807) is 40.6 Å². The minimum Gasteiger partial charge on any atom is -0.339 e. The first-order chi connectivity index (χ1) is 10.8. The second kappa shape index (κ2) is 5.45. The molecule has 7 nitrogen and oxygen atoms in total. The van der Waals surface area contributed by atoms with Crippen LogP contribution in [0.3, 0.4) is 0 Å². The smallest absolute Gasteiger partial charge is 0.255 e. The van der Waals surface area contributed by atoms with Crippen LogP contribution in [0.2, 0.25) is 0 Å². The van der Waals surface area contributed by atoms with Crippen molar-refractivity contribution < 1.29 is 4.79 Å². The van der Waals surface area contributed by atoms with E-state index in [1.807, 2.05) is 11.0 Å². The van der Waals surface area contributed by atoms with Gasteiger partial charge in [-0.1, -0.05) is 11.3 Å². The Kier molecular flexibility index (Phi) is 3.30. The number of pyridine rings is 1. The van der Waals surface area contributed by atoms with Crippen LogP contribution >= 0.6 is 11.3 Å². The van der Waals surface area contributed by atoms with Crippen molar-refractivity contribution in [3.05, 3.63) is 41.4 Å². The van der Waals surface area contributed by atoms with Crippen molar-refractivity contribution in [2.45, 2.75) is 18.8 Å². The lowest BCUT2D eigenvalue weighted by molar-refractivity contribution is 0.0712. The number of amides is 1. The molecule has 1 aliphatic heterocycles. The second-order valence-electron chi connectivity index (χ2n) is 5.31. The highest BCUT2D eigenvalue weighted by Crippen LogP contribution is 2.31. The van der Waals surface area contributed by atoms with Crippen LogP contribution in [0.5, 0.6) is 0 Å². The minimum atomic E-state index is 0.0599. The average Bonchev–Trinajstić information content (AvgIpc) is 3.17. The molecule has 22 heavy (non-hydrogen) atoms. The predicted molar refractivity (Wildman–Crippen MR) is 80.8 cm³/mol. The normalized spacial score (nSPS) is 16.3. The van der Waals surface area contributed by atoms with Gasteiger partial charge in [0.15, 0.2) is 0 Å². The van der Waals surface area contributed by atoms with E-state index in [9.17, 15) is 4.79 Å². The highest BCUT2D eigenvalue weighted by Gasteiger charge is 2.27. The molecule has 0 spiro atoms. The van der Waals surface area contributed by atoms with Gasteiger partial charge >= 0.3 is 0 Å². The summed E-state index contributed by atoms with van der Waals surface area (Å²) in [5.41, 5.74) is 0.653. The molecule has 3 aromatic rings. The van der Waals surface area contributed by atoms with Gasteiger partial charge in [0.25, 0.3) is 5.91 Å². The lowest BCUT2D eigenvalue weighted by atomic mass is 9.97. The fraction of sp³-hybridized carbons (Fsp3) is 0.357. The molecule has 1 saturated heterocycles. The zero-order chi connectivity index (χ0) is 14.9. The van der Waals surface area contributed by atoms with Crippen LogP contribution in [0.4, 0.5) is 0 Å². The van der Waals surface area contributed by atoms with Crippen LogP contribution in [-0.4, -0.2) is 48.7 Å². The first-order valence-corrected chi connectivity index (χ1v) is 7.99. The monoisotopic (exact) mass is 314 g/mol. The number of rotatable bonds is 2. The number of hydrogen-bond acceptors (Lipinski definition) is 6. The Balaban J connectivity index is 1.44. The Hall–Kier alpha value is -2.35. The number of hydrogen-bond donors (Lipinski definition) is 0. The van der Waals surface area contributed by atoms with Gasteiger partial charge < -0.3 is 4.90 Å². The summed E-state index contributed by atoms with van der Waals surface area (Å²) in [5.74, 6) is 0.453. The number of piperidine rings is 1. The molecule has 0 radical (unpaired) electrons. The largest absolute Gasteiger partial charge is 0.339 e. The van der Waals surface area contributed by atoms with Crippen molar-refractivity contribution in [1.82, 2.24) is 29.7 Å². The molecule has 1 fully saturated rings. The summed E-state index contributed by atoms with van der Waals surface area (Å²) in [4.78, 5) is 19.1. The van der Waals surface area contributed by atoms with Gasteiger partial charge in [0.1, 0.15) is 11.3 Å². The summed E-state index contributed by atoms with van der Waals surface area (Å²) in [6.07, 6.45) is 6.77. The molecule has 8 heteroatoms. The Morgan fingerprint density at radius 2 is 2.18 bits per heavy atom. The summed E-state index contributed by atoms with van der Waals surface area (Å²) in [6.45, 7) is 1.50. The van der Waals surface area contributed by atoms with Crippen molar-refractivity contribution in [2.75, 3.05) is 13.1 Å². The summed E-state index contributed by atoms with van der Waals surface area (Å²) in [5, 5.41) is 13.4. The highest BCUT2D eigenvalue weighted by atomic mass is 32.1. The first-order valence-electron chi connectivity index (χ1n) is 7.17. The number of carbonyl (C=O) groups excluding carboxylic acids is 1. The molecule has 0 unspecified atom stereocenters. The summed E-state index contributed by atoms with van der Waals surface area (Å²) in [6, 6.07) is 3.60. The van der Waals surface area contributed by atoms with E-state index in [0.717, 1.165) is 35.9 Å². The van der Waals surface area contributed by atoms with Crippen molar-refractivity contribution in [2.24, 2.45) is 0 Å². The van der Waals surface area contributed by atoms with E-state index in [1.165, 1.54) is 0 Å². The van der Waals surface area contributed by atoms with Crippen molar-refractivity contribution in [3.63, 3.8) is 0 Å². The Morgan fingerprint density at radius 3 is 2.91 bits per heavy atom. The van der Waals surface area contributed by atoms with E-state index in [4.69, 9.17) is 0 Å². The topological polar surface area (TPSA) is 76.3 Å². The first kappa shape index (κ1) is 13.3. The molecular weight excluding hydrogens is 300 g/mol. The van der Waals surface area contributed by atoms with Crippen LogP contribution in [0, 0.1) is 0 Å².